The van der Waals surface area contributed by atoms with Crippen LogP contribution in [0.2, 0.25) is 0 Å². The number of carbonyl (C=O) groups excluding carboxylic acids is 2. The number of rotatable bonds is 3. The van der Waals surface area contributed by atoms with E-state index >= 15 is 0 Å². The van der Waals surface area contributed by atoms with Crippen LogP contribution < -0.4 is 0 Å². The van der Waals surface area contributed by atoms with Crippen LogP contribution in [0.25, 0.3) is 0 Å². The van der Waals surface area contributed by atoms with Gasteiger partial charge in [0.05, 0.1) is 0 Å². The van der Waals surface area contributed by atoms with Crippen LogP contribution in [-0.2, 0) is 16.0 Å². The summed E-state index contributed by atoms with van der Waals surface area (Å²) in [6.07, 6.45) is 1.97. The van der Waals surface area contributed by atoms with Crippen LogP contribution >= 0.6 is 0 Å². The topological polar surface area (TPSA) is 37.4 Å². The van der Waals surface area contributed by atoms with Crippen LogP contribution in [0.3, 0.4) is 0 Å². The van der Waals surface area contributed by atoms with Gasteiger partial charge in [-0.3, -0.25) is 14.5 Å². The molecular weight excluding hydrogens is 202 g/mol. The highest BCUT2D eigenvalue weighted by molar-refractivity contribution is 6.16. The highest BCUT2D eigenvalue weighted by Crippen LogP contribution is 2.17. The summed E-state index contributed by atoms with van der Waals surface area (Å²) in [7, 11) is 0. The van der Waals surface area contributed by atoms with E-state index < -0.39 is 0 Å². The number of carbonyl (C=O) groups is 2. The molecule has 1 heterocycles. The lowest BCUT2D eigenvalue weighted by atomic mass is 10.1. The second-order valence-corrected chi connectivity index (χ2v) is 3.72. The SMILES string of the molecule is CCN1C(=O)C=C(Cc2ccccc2)C1=O. The molecule has 0 saturated carbocycles. The molecule has 0 bridgehead atoms. The van der Waals surface area contributed by atoms with Crippen molar-refractivity contribution >= 4 is 11.8 Å². The maximum Gasteiger partial charge on any atom is 0.257 e. The van der Waals surface area contributed by atoms with Crippen molar-refractivity contribution in [2.45, 2.75) is 13.3 Å². The number of benzene rings is 1. The minimum absolute atomic E-state index is 0.156. The van der Waals surface area contributed by atoms with E-state index in [1.165, 1.54) is 11.0 Å². The van der Waals surface area contributed by atoms with Crippen molar-refractivity contribution < 1.29 is 9.59 Å². The van der Waals surface area contributed by atoms with Crippen molar-refractivity contribution in [3.8, 4) is 0 Å². The summed E-state index contributed by atoms with van der Waals surface area (Å²) >= 11 is 0. The van der Waals surface area contributed by atoms with Gasteiger partial charge in [0.25, 0.3) is 11.8 Å². The van der Waals surface area contributed by atoms with Gasteiger partial charge in [0.1, 0.15) is 0 Å². The molecule has 3 heteroatoms. The molecular formula is C13H13NO2. The molecule has 2 amide bonds. The Morgan fingerprint density at radius 2 is 1.81 bits per heavy atom. The van der Waals surface area contributed by atoms with E-state index in [9.17, 15) is 9.59 Å². The maximum atomic E-state index is 11.8. The molecule has 0 unspecified atom stereocenters. The molecule has 0 aromatic heterocycles. The van der Waals surface area contributed by atoms with Gasteiger partial charge in [0, 0.05) is 24.6 Å². The lowest BCUT2D eigenvalue weighted by molar-refractivity contribution is -0.136. The maximum absolute atomic E-state index is 11.8. The van der Waals surface area contributed by atoms with E-state index in [2.05, 4.69) is 0 Å². The molecule has 0 saturated heterocycles. The van der Waals surface area contributed by atoms with E-state index in [4.69, 9.17) is 0 Å². The average molecular weight is 215 g/mol. The molecule has 1 aromatic rings. The Hall–Kier alpha value is -1.90. The highest BCUT2D eigenvalue weighted by Gasteiger charge is 2.28. The molecule has 16 heavy (non-hydrogen) atoms. The third-order valence-corrected chi connectivity index (χ3v) is 2.64. The summed E-state index contributed by atoms with van der Waals surface area (Å²) in [4.78, 5) is 24.5. The third-order valence-electron chi connectivity index (χ3n) is 2.64. The van der Waals surface area contributed by atoms with Crippen molar-refractivity contribution in [2.24, 2.45) is 0 Å². The number of hydrogen-bond donors (Lipinski definition) is 0. The molecule has 0 atom stereocenters. The summed E-state index contributed by atoms with van der Waals surface area (Å²) in [5.74, 6) is -0.352. The molecule has 0 aliphatic carbocycles. The summed E-state index contributed by atoms with van der Waals surface area (Å²) in [5.41, 5.74) is 1.63. The molecule has 0 spiro atoms. The number of amides is 2. The molecule has 1 aliphatic heterocycles. The number of likely N-dealkylation sites (N-methyl/N-ethyl adjacent to an activating group) is 1. The normalized spacial score (nSPS) is 15.6. The first-order chi connectivity index (χ1) is 7.72. The van der Waals surface area contributed by atoms with Gasteiger partial charge in [-0.1, -0.05) is 30.3 Å². The van der Waals surface area contributed by atoms with Crippen LogP contribution in [0.5, 0.6) is 0 Å². The zero-order valence-corrected chi connectivity index (χ0v) is 9.14. The molecule has 0 N–H and O–H groups in total. The standard InChI is InChI=1S/C13H13NO2/c1-2-14-12(15)9-11(13(14)16)8-10-6-4-3-5-7-10/h3-7,9H,2,8H2,1H3. The third kappa shape index (κ3) is 1.89. The van der Waals surface area contributed by atoms with Gasteiger partial charge in [0.15, 0.2) is 0 Å². The molecule has 0 fully saturated rings. The predicted octanol–water partition coefficient (Wildman–Crippen LogP) is 1.54. The van der Waals surface area contributed by atoms with Crippen LogP contribution in [0.15, 0.2) is 42.0 Å². The second kappa shape index (κ2) is 4.31. The Kier molecular flexibility index (Phi) is 2.86. The van der Waals surface area contributed by atoms with Crippen molar-refractivity contribution in [1.82, 2.24) is 4.90 Å². The van der Waals surface area contributed by atoms with Gasteiger partial charge >= 0.3 is 0 Å². The Bertz CT molecular complexity index is 448. The summed E-state index contributed by atoms with van der Waals surface area (Å²) in [5, 5.41) is 0. The van der Waals surface area contributed by atoms with Gasteiger partial charge in [-0.05, 0) is 12.5 Å². The smallest absolute Gasteiger partial charge is 0.257 e. The fourth-order valence-corrected chi connectivity index (χ4v) is 1.80. The summed E-state index contributed by atoms with van der Waals surface area (Å²) in [6, 6.07) is 9.68. The highest BCUT2D eigenvalue weighted by atomic mass is 16.2. The van der Waals surface area contributed by atoms with E-state index in [0.29, 0.717) is 18.5 Å². The van der Waals surface area contributed by atoms with E-state index in [-0.39, 0.29) is 11.8 Å². The fourth-order valence-electron chi connectivity index (χ4n) is 1.80. The molecule has 2 rings (SSSR count). The van der Waals surface area contributed by atoms with Gasteiger partial charge in [-0.25, -0.2) is 0 Å². The van der Waals surface area contributed by atoms with Crippen LogP contribution in [0.4, 0.5) is 0 Å². The summed E-state index contributed by atoms with van der Waals surface area (Å²) in [6.45, 7) is 2.24. The number of hydrogen-bond acceptors (Lipinski definition) is 2. The van der Waals surface area contributed by atoms with E-state index in [1.807, 2.05) is 30.3 Å². The first-order valence-electron chi connectivity index (χ1n) is 5.32. The summed E-state index contributed by atoms with van der Waals surface area (Å²) < 4.78 is 0. The lowest BCUT2D eigenvalue weighted by Gasteiger charge is -2.11. The Morgan fingerprint density at radius 1 is 1.12 bits per heavy atom. The Morgan fingerprint density at radius 3 is 2.38 bits per heavy atom. The largest absolute Gasteiger partial charge is 0.275 e. The number of nitrogens with zero attached hydrogens (tertiary/aromatic N) is 1. The first-order valence-corrected chi connectivity index (χ1v) is 5.32. The van der Waals surface area contributed by atoms with Crippen LogP contribution in [-0.4, -0.2) is 23.3 Å². The second-order valence-electron chi connectivity index (χ2n) is 3.72. The quantitative estimate of drug-likeness (QED) is 0.717. The zero-order chi connectivity index (χ0) is 11.5. The Labute approximate surface area is 94.4 Å². The molecule has 3 nitrogen and oxygen atoms in total. The lowest BCUT2D eigenvalue weighted by Crippen LogP contribution is -2.30. The molecule has 1 aliphatic rings. The van der Waals surface area contributed by atoms with Crippen LogP contribution in [0.1, 0.15) is 12.5 Å². The van der Waals surface area contributed by atoms with Crippen molar-refractivity contribution in [2.75, 3.05) is 6.54 Å². The first kappa shape index (κ1) is 10.6. The molecule has 0 radical (unpaired) electrons. The van der Waals surface area contributed by atoms with Gasteiger partial charge in [-0.2, -0.15) is 0 Å². The van der Waals surface area contributed by atoms with Gasteiger partial charge in [-0.15, -0.1) is 0 Å². The van der Waals surface area contributed by atoms with Crippen molar-refractivity contribution in [1.29, 1.82) is 0 Å². The van der Waals surface area contributed by atoms with E-state index in [0.717, 1.165) is 5.56 Å². The predicted molar refractivity (Wildman–Crippen MR) is 60.6 cm³/mol. The van der Waals surface area contributed by atoms with Crippen LogP contribution in [0, 0.1) is 0 Å². The Balaban J connectivity index is 2.16. The zero-order valence-electron chi connectivity index (χ0n) is 9.14. The minimum atomic E-state index is -0.196. The molecule has 82 valence electrons. The van der Waals surface area contributed by atoms with Gasteiger partial charge < -0.3 is 0 Å². The monoisotopic (exact) mass is 215 g/mol. The average Bonchev–Trinajstić information content (AvgIpc) is 2.55. The molecule has 1 aromatic carbocycles. The number of imide groups is 1. The minimum Gasteiger partial charge on any atom is -0.275 e. The van der Waals surface area contributed by atoms with Crippen molar-refractivity contribution in [3.05, 3.63) is 47.5 Å². The fraction of sp³-hybridized carbons (Fsp3) is 0.231. The van der Waals surface area contributed by atoms with Crippen molar-refractivity contribution in [3.63, 3.8) is 0 Å². The van der Waals surface area contributed by atoms with Gasteiger partial charge in [0.2, 0.25) is 0 Å². The van der Waals surface area contributed by atoms with E-state index in [1.54, 1.807) is 6.92 Å².